The molecule has 1 N–H and O–H groups in total. The fraction of sp³-hybridized carbons (Fsp3) is 0.214. The standard InChI is InChI=1S/C14H13ClF2N2/c1-9-6-12(8-19-13(9)15)18-7-10-2-4-11(5-3-10)14(16)17/h2-6,8,14,18H,7H2,1H3. The van der Waals surface area contributed by atoms with Gasteiger partial charge in [0.2, 0.25) is 0 Å². The first-order valence-electron chi connectivity index (χ1n) is 5.79. The maximum atomic E-state index is 12.4. The van der Waals surface area contributed by atoms with E-state index in [2.05, 4.69) is 10.3 Å². The van der Waals surface area contributed by atoms with Gasteiger partial charge in [0.05, 0.1) is 11.9 Å². The molecule has 1 aromatic carbocycles. The second-order valence-corrected chi connectivity index (χ2v) is 4.59. The number of benzene rings is 1. The molecular weight excluding hydrogens is 270 g/mol. The Morgan fingerprint density at radius 1 is 1.26 bits per heavy atom. The van der Waals surface area contributed by atoms with Gasteiger partial charge in [-0.1, -0.05) is 35.9 Å². The highest BCUT2D eigenvalue weighted by molar-refractivity contribution is 6.30. The van der Waals surface area contributed by atoms with E-state index in [-0.39, 0.29) is 5.56 Å². The lowest BCUT2D eigenvalue weighted by Crippen LogP contribution is -2.00. The lowest BCUT2D eigenvalue weighted by molar-refractivity contribution is 0.151. The van der Waals surface area contributed by atoms with E-state index in [4.69, 9.17) is 11.6 Å². The number of nitrogens with one attached hydrogen (secondary N) is 1. The van der Waals surface area contributed by atoms with Crippen LogP contribution >= 0.6 is 11.6 Å². The Balaban J connectivity index is 2.00. The van der Waals surface area contributed by atoms with Gasteiger partial charge in [0.25, 0.3) is 6.43 Å². The molecule has 0 spiro atoms. The zero-order valence-corrected chi connectivity index (χ0v) is 11.1. The molecule has 0 aliphatic carbocycles. The van der Waals surface area contributed by atoms with E-state index in [1.807, 2.05) is 13.0 Å². The van der Waals surface area contributed by atoms with Crippen LogP contribution in [0.25, 0.3) is 0 Å². The Morgan fingerprint density at radius 2 is 1.95 bits per heavy atom. The third-order valence-corrected chi connectivity index (χ3v) is 3.14. The zero-order valence-electron chi connectivity index (χ0n) is 10.3. The molecule has 2 nitrogen and oxygen atoms in total. The van der Waals surface area contributed by atoms with Crippen molar-refractivity contribution in [3.8, 4) is 0 Å². The van der Waals surface area contributed by atoms with Gasteiger partial charge in [-0.25, -0.2) is 13.8 Å². The summed E-state index contributed by atoms with van der Waals surface area (Å²) in [5.74, 6) is 0. The Hall–Kier alpha value is -1.68. The average molecular weight is 283 g/mol. The molecule has 100 valence electrons. The molecule has 1 heterocycles. The third kappa shape index (κ3) is 3.64. The van der Waals surface area contributed by atoms with Crippen molar-refractivity contribution in [3.05, 3.63) is 58.4 Å². The fourth-order valence-corrected chi connectivity index (χ4v) is 1.74. The smallest absolute Gasteiger partial charge is 0.263 e. The van der Waals surface area contributed by atoms with Crippen LogP contribution in [0.3, 0.4) is 0 Å². The van der Waals surface area contributed by atoms with Crippen LogP contribution < -0.4 is 5.32 Å². The number of aryl methyl sites for hydroxylation is 1. The number of aromatic nitrogens is 1. The molecule has 0 saturated heterocycles. The van der Waals surface area contributed by atoms with Gasteiger partial charge in [-0.15, -0.1) is 0 Å². The topological polar surface area (TPSA) is 24.9 Å². The van der Waals surface area contributed by atoms with Gasteiger partial charge < -0.3 is 5.32 Å². The monoisotopic (exact) mass is 282 g/mol. The van der Waals surface area contributed by atoms with Crippen molar-refractivity contribution in [2.24, 2.45) is 0 Å². The minimum Gasteiger partial charge on any atom is -0.380 e. The second kappa shape index (κ2) is 5.97. The predicted molar refractivity (Wildman–Crippen MR) is 72.7 cm³/mol. The molecule has 0 fully saturated rings. The third-order valence-electron chi connectivity index (χ3n) is 2.74. The Morgan fingerprint density at radius 3 is 2.53 bits per heavy atom. The first-order valence-corrected chi connectivity index (χ1v) is 6.17. The molecule has 0 bridgehead atoms. The lowest BCUT2D eigenvalue weighted by Gasteiger charge is -2.08. The number of rotatable bonds is 4. The van der Waals surface area contributed by atoms with E-state index in [1.54, 1.807) is 18.3 Å². The number of alkyl halides is 2. The summed E-state index contributed by atoms with van der Waals surface area (Å²) < 4.78 is 24.8. The molecule has 0 aliphatic heterocycles. The molecular formula is C14H13ClF2N2. The van der Waals surface area contributed by atoms with E-state index >= 15 is 0 Å². The first kappa shape index (κ1) is 13.7. The number of hydrogen-bond donors (Lipinski definition) is 1. The summed E-state index contributed by atoms with van der Waals surface area (Å²) in [4.78, 5) is 4.03. The summed E-state index contributed by atoms with van der Waals surface area (Å²) in [6.07, 6.45) is -0.784. The van der Waals surface area contributed by atoms with Gasteiger partial charge in [-0.05, 0) is 24.1 Å². The fourth-order valence-electron chi connectivity index (χ4n) is 1.64. The molecule has 0 aliphatic rings. The summed E-state index contributed by atoms with van der Waals surface area (Å²) >= 11 is 5.83. The summed E-state index contributed by atoms with van der Waals surface area (Å²) in [6, 6.07) is 8.14. The highest BCUT2D eigenvalue weighted by Crippen LogP contribution is 2.20. The average Bonchev–Trinajstić information content (AvgIpc) is 2.40. The van der Waals surface area contributed by atoms with Crippen LogP contribution in [0.15, 0.2) is 36.5 Å². The minimum atomic E-state index is -2.43. The molecule has 0 saturated carbocycles. The van der Waals surface area contributed by atoms with E-state index < -0.39 is 6.43 Å². The van der Waals surface area contributed by atoms with Crippen molar-refractivity contribution >= 4 is 17.3 Å². The maximum Gasteiger partial charge on any atom is 0.263 e. The molecule has 1 aromatic heterocycles. The van der Waals surface area contributed by atoms with Crippen LogP contribution in [0.1, 0.15) is 23.1 Å². The SMILES string of the molecule is Cc1cc(NCc2ccc(C(F)F)cc2)cnc1Cl. The van der Waals surface area contributed by atoms with E-state index in [0.29, 0.717) is 11.7 Å². The molecule has 0 radical (unpaired) electrons. The normalized spacial score (nSPS) is 10.8. The van der Waals surface area contributed by atoms with Crippen molar-refractivity contribution in [1.29, 1.82) is 0 Å². The summed E-state index contributed by atoms with van der Waals surface area (Å²) in [5.41, 5.74) is 2.70. The van der Waals surface area contributed by atoms with Crippen LogP contribution in [0.4, 0.5) is 14.5 Å². The Kier molecular flexibility index (Phi) is 4.32. The first-order chi connectivity index (χ1) is 9.06. The minimum absolute atomic E-state index is 0.0350. The van der Waals surface area contributed by atoms with Crippen molar-refractivity contribution < 1.29 is 8.78 Å². The molecule has 0 unspecified atom stereocenters. The van der Waals surface area contributed by atoms with Gasteiger partial charge in [0.1, 0.15) is 5.15 Å². The van der Waals surface area contributed by atoms with Crippen molar-refractivity contribution in [1.82, 2.24) is 4.98 Å². The van der Waals surface area contributed by atoms with Crippen LogP contribution in [-0.4, -0.2) is 4.98 Å². The summed E-state index contributed by atoms with van der Waals surface area (Å²) in [6.45, 7) is 2.42. The zero-order chi connectivity index (χ0) is 13.8. The van der Waals surface area contributed by atoms with Crippen LogP contribution in [-0.2, 0) is 6.54 Å². The predicted octanol–water partition coefficient (Wildman–Crippen LogP) is 4.59. The maximum absolute atomic E-state index is 12.4. The van der Waals surface area contributed by atoms with Crippen LogP contribution in [0, 0.1) is 6.92 Å². The molecule has 0 amide bonds. The summed E-state index contributed by atoms with van der Waals surface area (Å²) in [7, 11) is 0. The number of hydrogen-bond acceptors (Lipinski definition) is 2. The van der Waals surface area contributed by atoms with Gasteiger partial charge in [-0.2, -0.15) is 0 Å². The number of anilines is 1. The largest absolute Gasteiger partial charge is 0.380 e. The van der Waals surface area contributed by atoms with Gasteiger partial charge in [-0.3, -0.25) is 0 Å². The highest BCUT2D eigenvalue weighted by atomic mass is 35.5. The van der Waals surface area contributed by atoms with Crippen LogP contribution in [0.2, 0.25) is 5.15 Å². The number of halogens is 3. The summed E-state index contributed by atoms with van der Waals surface area (Å²) in [5, 5.41) is 3.65. The van der Waals surface area contributed by atoms with Crippen molar-refractivity contribution in [2.75, 3.05) is 5.32 Å². The van der Waals surface area contributed by atoms with Gasteiger partial charge >= 0.3 is 0 Å². The molecule has 19 heavy (non-hydrogen) atoms. The Labute approximate surface area is 115 Å². The number of nitrogens with zero attached hydrogens (tertiary/aromatic N) is 1. The van der Waals surface area contributed by atoms with Crippen molar-refractivity contribution in [3.63, 3.8) is 0 Å². The quantitative estimate of drug-likeness (QED) is 0.830. The molecule has 5 heteroatoms. The highest BCUT2D eigenvalue weighted by Gasteiger charge is 2.05. The molecule has 0 atom stereocenters. The van der Waals surface area contributed by atoms with E-state index in [1.165, 1.54) is 12.1 Å². The van der Waals surface area contributed by atoms with Gasteiger partial charge in [0.15, 0.2) is 0 Å². The van der Waals surface area contributed by atoms with E-state index in [0.717, 1.165) is 16.8 Å². The van der Waals surface area contributed by atoms with E-state index in [9.17, 15) is 8.78 Å². The Bertz CT molecular complexity index is 556. The van der Waals surface area contributed by atoms with Crippen LogP contribution in [0.5, 0.6) is 0 Å². The lowest BCUT2D eigenvalue weighted by atomic mass is 10.1. The molecule has 2 aromatic rings. The van der Waals surface area contributed by atoms with Gasteiger partial charge in [0, 0.05) is 12.1 Å². The second-order valence-electron chi connectivity index (χ2n) is 4.23. The van der Waals surface area contributed by atoms with Crippen molar-refractivity contribution in [2.45, 2.75) is 19.9 Å². The molecule has 2 rings (SSSR count). The number of pyridine rings is 1.